The van der Waals surface area contributed by atoms with Crippen LogP contribution in [0.15, 0.2) is 71.1 Å². The van der Waals surface area contributed by atoms with Crippen LogP contribution in [-0.4, -0.2) is 25.5 Å². The molecule has 0 amide bonds. The van der Waals surface area contributed by atoms with Crippen LogP contribution in [0, 0.1) is 24.7 Å². The fourth-order valence-corrected chi connectivity index (χ4v) is 4.30. The summed E-state index contributed by atoms with van der Waals surface area (Å²) >= 11 is 0. The lowest BCUT2D eigenvalue weighted by molar-refractivity contribution is 0.385. The fraction of sp³-hybridized carbons (Fsp3) is 0.588. The van der Waals surface area contributed by atoms with Crippen LogP contribution in [0.5, 0.6) is 0 Å². The number of hydrogen-bond acceptors (Lipinski definition) is 2. The Morgan fingerprint density at radius 1 is 1.11 bits per heavy atom. The molecule has 0 radical (unpaired) electrons. The Morgan fingerprint density at radius 3 is 2.25 bits per heavy atom. The molecule has 1 aliphatic carbocycles. The zero-order valence-electron chi connectivity index (χ0n) is 25.2. The molecule has 0 bridgehead atoms. The molecule has 0 aromatic carbocycles. The van der Waals surface area contributed by atoms with Crippen LogP contribution in [0.4, 0.5) is 0 Å². The smallest absolute Gasteiger partial charge is 0.0358 e. The molecule has 1 atom stereocenters. The van der Waals surface area contributed by atoms with E-state index in [4.69, 9.17) is 0 Å². The minimum Gasteiger partial charge on any atom is -0.387 e. The van der Waals surface area contributed by atoms with Crippen molar-refractivity contribution in [2.24, 2.45) is 11.8 Å². The number of terminal acetylenes is 1. The van der Waals surface area contributed by atoms with E-state index in [1.54, 1.807) is 5.57 Å². The maximum absolute atomic E-state index is 4.00. The van der Waals surface area contributed by atoms with E-state index >= 15 is 0 Å². The molecule has 2 aliphatic rings. The quantitative estimate of drug-likeness (QED) is 0.202. The van der Waals surface area contributed by atoms with Crippen LogP contribution in [-0.2, 0) is 0 Å². The molecule has 2 heteroatoms. The van der Waals surface area contributed by atoms with Crippen LogP contribution in [0.2, 0.25) is 0 Å². The molecule has 1 fully saturated rings. The predicted molar refractivity (Wildman–Crippen MR) is 166 cm³/mol. The molecule has 1 aliphatic heterocycles. The van der Waals surface area contributed by atoms with Gasteiger partial charge in [0.15, 0.2) is 0 Å². The third-order valence-electron chi connectivity index (χ3n) is 5.99. The summed E-state index contributed by atoms with van der Waals surface area (Å²) in [6, 6.07) is 0. The van der Waals surface area contributed by atoms with Crippen LogP contribution < -0.4 is 5.32 Å². The van der Waals surface area contributed by atoms with Crippen LogP contribution in [0.3, 0.4) is 0 Å². The first-order valence-corrected chi connectivity index (χ1v) is 14.4. The van der Waals surface area contributed by atoms with Gasteiger partial charge in [0, 0.05) is 32.3 Å². The second-order valence-corrected chi connectivity index (χ2v) is 8.94. The maximum atomic E-state index is 4.00. The molecule has 1 heterocycles. The molecular formula is C34H58N2. The van der Waals surface area contributed by atoms with Gasteiger partial charge in [-0.15, -0.1) is 12.8 Å². The molecule has 2 nitrogen and oxygen atoms in total. The molecule has 0 saturated heterocycles. The van der Waals surface area contributed by atoms with Crippen molar-refractivity contribution in [2.45, 2.75) is 99.8 Å². The first-order valence-electron chi connectivity index (χ1n) is 14.4. The molecule has 36 heavy (non-hydrogen) atoms. The Kier molecular flexibility index (Phi) is 24.1. The number of dihydropyridines is 1. The van der Waals surface area contributed by atoms with E-state index in [0.29, 0.717) is 5.92 Å². The molecule has 2 rings (SSSR count). The van der Waals surface area contributed by atoms with E-state index in [1.165, 1.54) is 48.9 Å². The van der Waals surface area contributed by atoms with Gasteiger partial charge in [-0.3, -0.25) is 0 Å². The van der Waals surface area contributed by atoms with Crippen LogP contribution >= 0.6 is 0 Å². The van der Waals surface area contributed by atoms with Gasteiger partial charge in [0.1, 0.15) is 0 Å². The number of nitrogens with zero attached hydrogens (tertiary/aromatic N) is 1. The number of allylic oxidation sites excluding steroid dienone is 10. The highest BCUT2D eigenvalue weighted by atomic mass is 15.1. The van der Waals surface area contributed by atoms with Gasteiger partial charge >= 0.3 is 0 Å². The second-order valence-electron chi connectivity index (χ2n) is 8.94. The highest BCUT2D eigenvalue weighted by Gasteiger charge is 2.24. The summed E-state index contributed by atoms with van der Waals surface area (Å²) in [6.07, 6.45) is 36.2. The monoisotopic (exact) mass is 494 g/mol. The van der Waals surface area contributed by atoms with E-state index < -0.39 is 0 Å². The highest BCUT2D eigenvalue weighted by Crippen LogP contribution is 2.38. The SMILES string of the molecule is C#C.CC.CC.C\C=C/C(=C\C(=C\CC)C1CC1)C/C=C(/C(CCCC)CC1=CC=CNC1)N(C)C. The summed E-state index contributed by atoms with van der Waals surface area (Å²) < 4.78 is 0. The summed E-state index contributed by atoms with van der Waals surface area (Å²) in [5.74, 6) is 1.39. The summed E-state index contributed by atoms with van der Waals surface area (Å²) in [7, 11) is 4.42. The van der Waals surface area contributed by atoms with Crippen molar-refractivity contribution in [3.63, 3.8) is 0 Å². The normalized spacial score (nSPS) is 16.3. The van der Waals surface area contributed by atoms with Gasteiger partial charge in [-0.1, -0.05) is 96.4 Å². The number of hydrogen-bond donors (Lipinski definition) is 1. The summed E-state index contributed by atoms with van der Waals surface area (Å²) in [5.41, 5.74) is 5.98. The van der Waals surface area contributed by atoms with Crippen molar-refractivity contribution < 1.29 is 0 Å². The standard InChI is InChI=1S/C28H44N2.2C2H6.C2H2/c1-6-9-14-27(21-24-13-10-19-29-22-24)28(30(4)5)18-15-23(11-7-2)20-26(12-8-3)25-16-17-25;3*1-2/h7,10-13,18-20,25,27,29H,6,8-9,14-17,21-22H2,1-5H3;2*1-2H3;1-2H/b11-7-,23-20+,26-12-,28-18-;;;. The third-order valence-corrected chi connectivity index (χ3v) is 5.99. The fourth-order valence-electron chi connectivity index (χ4n) is 4.30. The average molecular weight is 495 g/mol. The summed E-state index contributed by atoms with van der Waals surface area (Å²) in [4.78, 5) is 2.35. The van der Waals surface area contributed by atoms with Crippen molar-refractivity contribution in [1.82, 2.24) is 10.2 Å². The minimum absolute atomic E-state index is 0.584. The van der Waals surface area contributed by atoms with Gasteiger partial charge in [-0.05, 0) is 74.8 Å². The molecule has 0 spiro atoms. The largest absolute Gasteiger partial charge is 0.387 e. The van der Waals surface area contributed by atoms with E-state index in [2.05, 4.69) is 100 Å². The minimum atomic E-state index is 0.584. The van der Waals surface area contributed by atoms with E-state index in [0.717, 1.165) is 31.7 Å². The zero-order valence-corrected chi connectivity index (χ0v) is 25.2. The van der Waals surface area contributed by atoms with Crippen molar-refractivity contribution in [3.8, 4) is 12.8 Å². The summed E-state index contributed by atoms with van der Waals surface area (Å²) in [5, 5.41) is 3.38. The molecule has 1 saturated carbocycles. The molecule has 204 valence electrons. The maximum Gasteiger partial charge on any atom is 0.0358 e. The Balaban J connectivity index is 0. The van der Waals surface area contributed by atoms with Gasteiger partial charge < -0.3 is 10.2 Å². The Bertz CT molecular complexity index is 736. The van der Waals surface area contributed by atoms with Gasteiger partial charge in [-0.2, -0.15) is 0 Å². The van der Waals surface area contributed by atoms with Gasteiger partial charge in [0.2, 0.25) is 0 Å². The lowest BCUT2D eigenvalue weighted by atomic mass is 9.88. The van der Waals surface area contributed by atoms with Gasteiger partial charge in [-0.25, -0.2) is 0 Å². The van der Waals surface area contributed by atoms with E-state index in [1.807, 2.05) is 33.9 Å². The van der Waals surface area contributed by atoms with Crippen LogP contribution in [0.25, 0.3) is 0 Å². The summed E-state index contributed by atoms with van der Waals surface area (Å²) in [6.45, 7) is 15.7. The van der Waals surface area contributed by atoms with Crippen molar-refractivity contribution in [3.05, 3.63) is 71.1 Å². The molecule has 0 aromatic heterocycles. The highest BCUT2D eigenvalue weighted by molar-refractivity contribution is 5.35. The van der Waals surface area contributed by atoms with Gasteiger partial charge in [0.25, 0.3) is 0 Å². The Hall–Kier alpha value is -2.40. The Labute approximate surface area is 226 Å². The lowest BCUT2D eigenvalue weighted by Gasteiger charge is -2.28. The molecule has 1 unspecified atom stereocenters. The van der Waals surface area contributed by atoms with Crippen molar-refractivity contribution in [2.75, 3.05) is 20.6 Å². The molecule has 0 aromatic rings. The number of rotatable bonds is 13. The lowest BCUT2D eigenvalue weighted by Crippen LogP contribution is -2.22. The van der Waals surface area contributed by atoms with Crippen LogP contribution in [0.1, 0.15) is 99.8 Å². The first kappa shape index (κ1) is 35.8. The second kappa shape index (κ2) is 24.3. The third kappa shape index (κ3) is 15.6. The number of nitrogens with one attached hydrogen (secondary N) is 1. The first-order chi connectivity index (χ1) is 17.6. The molecule has 1 N–H and O–H groups in total. The Morgan fingerprint density at radius 2 is 1.78 bits per heavy atom. The van der Waals surface area contributed by atoms with Gasteiger partial charge in [0.05, 0.1) is 0 Å². The van der Waals surface area contributed by atoms with Crippen molar-refractivity contribution >= 4 is 0 Å². The van der Waals surface area contributed by atoms with E-state index in [-0.39, 0.29) is 0 Å². The van der Waals surface area contributed by atoms with Crippen molar-refractivity contribution in [1.29, 1.82) is 0 Å². The predicted octanol–water partition coefficient (Wildman–Crippen LogP) is 9.61. The number of unbranched alkanes of at least 4 members (excludes halogenated alkanes) is 1. The average Bonchev–Trinajstić information content (AvgIpc) is 3.76. The topological polar surface area (TPSA) is 15.3 Å². The zero-order chi connectivity index (χ0) is 27.8. The van der Waals surface area contributed by atoms with E-state index in [9.17, 15) is 0 Å². The molecular weight excluding hydrogens is 436 g/mol.